The summed E-state index contributed by atoms with van der Waals surface area (Å²) < 4.78 is 4.00. The molecule has 2 nitrogen and oxygen atoms in total. The molecule has 0 heterocycles. The Labute approximate surface area is 60.6 Å². The van der Waals surface area contributed by atoms with Crippen LogP contribution in [-0.2, 0) is 0 Å². The van der Waals surface area contributed by atoms with Crippen molar-refractivity contribution in [2.75, 3.05) is 7.05 Å². The van der Waals surface area contributed by atoms with E-state index in [1.54, 1.807) is 12.6 Å². The Bertz CT molecular complexity index is 108. The zero-order chi connectivity index (χ0) is 7.11. The molecule has 0 aliphatic heterocycles. The summed E-state index contributed by atoms with van der Waals surface area (Å²) in [5.74, 6) is 0.530. The molecule has 0 radical (unpaired) electrons. The molecular formula is C6H12N2S. The van der Waals surface area contributed by atoms with Gasteiger partial charge in [-0.25, -0.2) is 4.40 Å². The van der Waals surface area contributed by atoms with Gasteiger partial charge in [0.15, 0.2) is 0 Å². The van der Waals surface area contributed by atoms with Crippen LogP contribution in [0.4, 0.5) is 0 Å². The molecule has 0 atom stereocenters. The normalized spacial score (nSPS) is 12.4. The Hall–Kier alpha value is -0.310. The third-order valence-electron chi connectivity index (χ3n) is 0.572. The van der Waals surface area contributed by atoms with E-state index in [9.17, 15) is 0 Å². The van der Waals surface area contributed by atoms with Gasteiger partial charge in [0.2, 0.25) is 0 Å². The average molecular weight is 144 g/mol. The van der Waals surface area contributed by atoms with Gasteiger partial charge in [0.1, 0.15) is 0 Å². The first kappa shape index (κ1) is 8.69. The molecule has 0 amide bonds. The van der Waals surface area contributed by atoms with Crippen LogP contribution in [0.15, 0.2) is 9.39 Å². The van der Waals surface area contributed by atoms with Gasteiger partial charge in [0.05, 0.1) is 5.55 Å². The molecule has 0 aliphatic carbocycles. The smallest absolute Gasteiger partial charge is 0.0767 e. The Balaban J connectivity index is 3.25. The van der Waals surface area contributed by atoms with E-state index in [4.69, 9.17) is 0 Å². The minimum absolute atomic E-state index is 0.530. The third kappa shape index (κ3) is 7.69. The minimum Gasteiger partial charge on any atom is -0.288 e. The molecule has 52 valence electrons. The highest BCUT2D eigenvalue weighted by atomic mass is 32.2. The van der Waals surface area contributed by atoms with Crippen LogP contribution in [0.3, 0.4) is 0 Å². The highest BCUT2D eigenvalue weighted by Gasteiger charge is 1.81. The van der Waals surface area contributed by atoms with Crippen molar-refractivity contribution < 1.29 is 0 Å². The van der Waals surface area contributed by atoms with Crippen molar-refractivity contribution >= 4 is 23.7 Å². The lowest BCUT2D eigenvalue weighted by molar-refractivity contribution is 0.910. The second-order valence-electron chi connectivity index (χ2n) is 1.97. The highest BCUT2D eigenvalue weighted by Crippen LogP contribution is 1.96. The van der Waals surface area contributed by atoms with Crippen LogP contribution in [0.5, 0.6) is 0 Å². The largest absolute Gasteiger partial charge is 0.288 e. The van der Waals surface area contributed by atoms with Gasteiger partial charge >= 0.3 is 0 Å². The predicted molar refractivity (Wildman–Crippen MR) is 45.3 cm³/mol. The van der Waals surface area contributed by atoms with E-state index in [1.807, 2.05) is 6.21 Å². The van der Waals surface area contributed by atoms with Gasteiger partial charge in [-0.3, -0.25) is 4.99 Å². The summed E-state index contributed by atoms with van der Waals surface area (Å²) in [5.41, 5.74) is 1.71. The second kappa shape index (κ2) is 5.82. The van der Waals surface area contributed by atoms with Crippen molar-refractivity contribution in [2.45, 2.75) is 13.8 Å². The van der Waals surface area contributed by atoms with Crippen molar-refractivity contribution in [1.82, 2.24) is 0 Å². The Morgan fingerprint density at radius 3 is 2.56 bits per heavy atom. The summed E-state index contributed by atoms with van der Waals surface area (Å²) in [5, 5.41) is 0. The maximum Gasteiger partial charge on any atom is 0.0767 e. The van der Waals surface area contributed by atoms with E-state index in [1.165, 1.54) is 11.9 Å². The number of hydrogen-bond acceptors (Lipinski definition) is 3. The van der Waals surface area contributed by atoms with Gasteiger partial charge in [-0.05, 0) is 5.92 Å². The van der Waals surface area contributed by atoms with Crippen molar-refractivity contribution in [1.29, 1.82) is 0 Å². The van der Waals surface area contributed by atoms with Crippen LogP contribution < -0.4 is 0 Å². The predicted octanol–water partition coefficient (Wildman–Crippen LogP) is 2.02. The molecular weight excluding hydrogens is 132 g/mol. The summed E-state index contributed by atoms with van der Waals surface area (Å²) in [7, 11) is 1.73. The first-order valence-electron chi connectivity index (χ1n) is 2.87. The van der Waals surface area contributed by atoms with Gasteiger partial charge in [0, 0.05) is 25.2 Å². The molecule has 0 aliphatic rings. The van der Waals surface area contributed by atoms with Crippen LogP contribution in [0.1, 0.15) is 13.8 Å². The molecule has 0 aromatic rings. The van der Waals surface area contributed by atoms with Crippen LogP contribution in [-0.4, -0.2) is 18.8 Å². The van der Waals surface area contributed by atoms with Crippen LogP contribution in [0.2, 0.25) is 0 Å². The fourth-order valence-corrected chi connectivity index (χ4v) is 0.694. The van der Waals surface area contributed by atoms with Crippen molar-refractivity contribution in [3.63, 3.8) is 0 Å². The van der Waals surface area contributed by atoms with Crippen molar-refractivity contribution in [3.05, 3.63) is 0 Å². The van der Waals surface area contributed by atoms with E-state index in [0.29, 0.717) is 5.92 Å². The Kier molecular flexibility index (Phi) is 5.62. The summed E-state index contributed by atoms with van der Waals surface area (Å²) in [6.07, 6.45) is 1.90. The van der Waals surface area contributed by atoms with Crippen LogP contribution >= 0.6 is 11.9 Å². The maximum atomic E-state index is 4.00. The molecule has 0 fully saturated rings. The van der Waals surface area contributed by atoms with Crippen molar-refractivity contribution in [3.8, 4) is 0 Å². The molecule has 0 spiro atoms. The van der Waals surface area contributed by atoms with Crippen molar-refractivity contribution in [2.24, 2.45) is 15.3 Å². The first-order chi connectivity index (χ1) is 4.27. The monoisotopic (exact) mass is 144 g/mol. The lowest BCUT2D eigenvalue weighted by Gasteiger charge is -1.88. The van der Waals surface area contributed by atoms with Gasteiger partial charge < -0.3 is 0 Å². The lowest BCUT2D eigenvalue weighted by Crippen LogP contribution is -1.84. The third-order valence-corrected chi connectivity index (χ3v) is 1.12. The maximum absolute atomic E-state index is 4.00. The Morgan fingerprint density at radius 1 is 1.44 bits per heavy atom. The summed E-state index contributed by atoms with van der Waals surface area (Å²) in [6.45, 7) is 4.18. The molecule has 0 rings (SSSR count). The number of rotatable bonds is 3. The molecule has 0 saturated heterocycles. The highest BCUT2D eigenvalue weighted by molar-refractivity contribution is 8.11. The summed E-state index contributed by atoms with van der Waals surface area (Å²) in [6, 6.07) is 0. The Morgan fingerprint density at radius 2 is 2.11 bits per heavy atom. The van der Waals surface area contributed by atoms with E-state index in [-0.39, 0.29) is 0 Å². The number of hydrogen-bond donors (Lipinski definition) is 0. The van der Waals surface area contributed by atoms with Gasteiger partial charge in [-0.1, -0.05) is 13.8 Å². The minimum atomic E-state index is 0.530. The zero-order valence-corrected chi connectivity index (χ0v) is 6.85. The van der Waals surface area contributed by atoms with Gasteiger partial charge in [-0.15, -0.1) is 0 Å². The quantitative estimate of drug-likeness (QED) is 0.338. The van der Waals surface area contributed by atoms with E-state index < -0.39 is 0 Å². The molecule has 0 unspecified atom stereocenters. The fraction of sp³-hybridized carbons (Fsp3) is 0.667. The van der Waals surface area contributed by atoms with E-state index in [0.717, 1.165) is 0 Å². The van der Waals surface area contributed by atoms with E-state index in [2.05, 4.69) is 23.2 Å². The zero-order valence-electron chi connectivity index (χ0n) is 6.03. The molecule has 0 bridgehead atoms. The number of aliphatic imine (C=N–C) groups is 1. The molecule has 0 aromatic heterocycles. The molecule has 0 N–H and O–H groups in total. The number of nitrogens with zero attached hydrogens (tertiary/aromatic N) is 2. The molecule has 0 aromatic carbocycles. The molecule has 9 heavy (non-hydrogen) atoms. The molecule has 0 saturated carbocycles. The SMILES string of the molecule is CN=CSN=CC(C)C. The van der Waals surface area contributed by atoms with Gasteiger partial charge in [0.25, 0.3) is 0 Å². The van der Waals surface area contributed by atoms with Crippen LogP contribution in [0.25, 0.3) is 0 Å². The van der Waals surface area contributed by atoms with E-state index >= 15 is 0 Å². The van der Waals surface area contributed by atoms with Gasteiger partial charge in [-0.2, -0.15) is 0 Å². The topological polar surface area (TPSA) is 24.7 Å². The fourth-order valence-electron chi connectivity index (χ4n) is 0.231. The summed E-state index contributed by atoms with van der Waals surface area (Å²) >= 11 is 1.36. The lowest BCUT2D eigenvalue weighted by atomic mass is 10.3. The van der Waals surface area contributed by atoms with Crippen LogP contribution in [0, 0.1) is 5.92 Å². The second-order valence-corrected chi connectivity index (χ2v) is 2.60. The average Bonchev–Trinajstić information content (AvgIpc) is 1.80. The summed E-state index contributed by atoms with van der Waals surface area (Å²) in [4.78, 5) is 3.76. The molecule has 3 heteroatoms. The standard InChI is InChI=1S/C6H12N2S/c1-6(2)4-8-9-5-7-3/h4-6H,1-3H3. The first-order valence-corrected chi connectivity index (χ1v) is 3.71.